The molecular weight excluding hydrogens is 244 g/mol. The standard InChI is InChI=1S/C14H18N2OS/c15-10-14(16-11-3-4-11)6-5-13(8-14)18-9-12-2-1-7-17-12/h1-2,7,11,13,16H,3-6,8-9H2. The van der Waals surface area contributed by atoms with E-state index in [9.17, 15) is 5.26 Å². The van der Waals surface area contributed by atoms with Gasteiger partial charge in [-0.15, -0.1) is 0 Å². The first kappa shape index (κ1) is 12.1. The zero-order chi connectivity index (χ0) is 12.4. The van der Waals surface area contributed by atoms with E-state index < -0.39 is 0 Å². The van der Waals surface area contributed by atoms with Gasteiger partial charge in [-0.05, 0) is 44.2 Å². The van der Waals surface area contributed by atoms with E-state index in [2.05, 4.69) is 11.4 Å². The van der Waals surface area contributed by atoms with Gasteiger partial charge in [0, 0.05) is 11.3 Å². The molecule has 1 aromatic rings. The summed E-state index contributed by atoms with van der Waals surface area (Å²) in [6.07, 6.45) is 7.32. The van der Waals surface area contributed by atoms with Crippen molar-refractivity contribution >= 4 is 11.8 Å². The summed E-state index contributed by atoms with van der Waals surface area (Å²) in [5.41, 5.74) is -0.248. The van der Waals surface area contributed by atoms with Crippen LogP contribution < -0.4 is 5.32 Å². The van der Waals surface area contributed by atoms with Crippen LogP contribution in [0.15, 0.2) is 22.8 Å². The summed E-state index contributed by atoms with van der Waals surface area (Å²) < 4.78 is 5.34. The minimum absolute atomic E-state index is 0.248. The van der Waals surface area contributed by atoms with Crippen LogP contribution in [0.5, 0.6) is 0 Å². The molecule has 2 atom stereocenters. The maximum Gasteiger partial charge on any atom is 0.113 e. The molecule has 2 fully saturated rings. The molecule has 3 nitrogen and oxygen atoms in total. The molecule has 0 aliphatic heterocycles. The molecule has 2 aliphatic carbocycles. The Labute approximate surface area is 112 Å². The zero-order valence-corrected chi connectivity index (χ0v) is 11.2. The minimum Gasteiger partial charge on any atom is -0.468 e. The fourth-order valence-corrected chi connectivity index (χ4v) is 3.87. The highest BCUT2D eigenvalue weighted by Crippen LogP contribution is 2.39. The quantitative estimate of drug-likeness (QED) is 0.886. The molecule has 18 heavy (non-hydrogen) atoms. The maximum atomic E-state index is 9.42. The van der Waals surface area contributed by atoms with Crippen molar-refractivity contribution in [3.05, 3.63) is 24.2 Å². The fourth-order valence-electron chi connectivity index (χ4n) is 2.62. The van der Waals surface area contributed by atoms with Crippen LogP contribution in [0.2, 0.25) is 0 Å². The second-order valence-corrected chi connectivity index (χ2v) is 6.66. The third-order valence-corrected chi connectivity index (χ3v) is 5.11. The van der Waals surface area contributed by atoms with Gasteiger partial charge in [-0.25, -0.2) is 0 Å². The van der Waals surface area contributed by atoms with E-state index in [0.717, 1.165) is 30.8 Å². The van der Waals surface area contributed by atoms with Gasteiger partial charge in [0.1, 0.15) is 11.3 Å². The molecule has 0 saturated heterocycles. The average Bonchev–Trinajstić information content (AvgIpc) is 2.91. The Morgan fingerprint density at radius 1 is 1.50 bits per heavy atom. The third kappa shape index (κ3) is 2.73. The lowest BCUT2D eigenvalue weighted by molar-refractivity contribution is 0.420. The largest absolute Gasteiger partial charge is 0.468 e. The lowest BCUT2D eigenvalue weighted by atomic mass is 10.00. The number of nitrogens with zero attached hydrogens (tertiary/aromatic N) is 1. The van der Waals surface area contributed by atoms with Gasteiger partial charge in [-0.1, -0.05) is 0 Å². The highest BCUT2D eigenvalue weighted by Gasteiger charge is 2.42. The molecule has 1 N–H and O–H groups in total. The molecule has 3 rings (SSSR count). The Hall–Kier alpha value is -0.920. The minimum atomic E-state index is -0.248. The van der Waals surface area contributed by atoms with Gasteiger partial charge < -0.3 is 4.42 Å². The lowest BCUT2D eigenvalue weighted by Gasteiger charge is -2.22. The fraction of sp³-hybridized carbons (Fsp3) is 0.643. The first-order valence-electron chi connectivity index (χ1n) is 6.63. The van der Waals surface area contributed by atoms with Gasteiger partial charge >= 0.3 is 0 Å². The highest BCUT2D eigenvalue weighted by atomic mass is 32.2. The van der Waals surface area contributed by atoms with Crippen LogP contribution >= 0.6 is 11.8 Å². The van der Waals surface area contributed by atoms with E-state index in [1.807, 2.05) is 23.9 Å². The van der Waals surface area contributed by atoms with Crippen molar-refractivity contribution in [2.45, 2.75) is 54.7 Å². The van der Waals surface area contributed by atoms with Crippen molar-refractivity contribution in [1.29, 1.82) is 5.26 Å². The van der Waals surface area contributed by atoms with E-state index >= 15 is 0 Å². The first-order valence-corrected chi connectivity index (χ1v) is 7.67. The normalized spacial score (nSPS) is 31.4. The maximum absolute atomic E-state index is 9.42. The number of hydrogen-bond donors (Lipinski definition) is 1. The van der Waals surface area contributed by atoms with Crippen LogP contribution in [-0.4, -0.2) is 16.8 Å². The van der Waals surface area contributed by atoms with Crippen molar-refractivity contribution in [1.82, 2.24) is 5.32 Å². The van der Waals surface area contributed by atoms with E-state index in [0.29, 0.717) is 11.3 Å². The Morgan fingerprint density at radius 3 is 3.06 bits per heavy atom. The molecule has 0 radical (unpaired) electrons. The summed E-state index contributed by atoms with van der Waals surface area (Å²) in [6.45, 7) is 0. The van der Waals surface area contributed by atoms with E-state index in [-0.39, 0.29) is 5.54 Å². The number of nitrogens with one attached hydrogen (secondary N) is 1. The summed E-state index contributed by atoms with van der Waals surface area (Å²) in [4.78, 5) is 0. The van der Waals surface area contributed by atoms with Gasteiger partial charge in [0.05, 0.1) is 18.1 Å². The van der Waals surface area contributed by atoms with Gasteiger partial charge in [0.15, 0.2) is 0 Å². The Kier molecular flexibility index (Phi) is 3.36. The molecule has 2 unspecified atom stereocenters. The number of hydrogen-bond acceptors (Lipinski definition) is 4. The van der Waals surface area contributed by atoms with Gasteiger partial charge in [-0.3, -0.25) is 5.32 Å². The molecule has 1 heterocycles. The van der Waals surface area contributed by atoms with Gasteiger partial charge in [-0.2, -0.15) is 17.0 Å². The van der Waals surface area contributed by atoms with Crippen LogP contribution in [0.25, 0.3) is 0 Å². The molecule has 0 amide bonds. The molecule has 1 aromatic heterocycles. The number of nitriles is 1. The average molecular weight is 262 g/mol. The zero-order valence-electron chi connectivity index (χ0n) is 10.4. The lowest BCUT2D eigenvalue weighted by Crippen LogP contribution is -2.43. The first-order chi connectivity index (χ1) is 8.80. The molecule has 0 aromatic carbocycles. The second kappa shape index (κ2) is 4.99. The van der Waals surface area contributed by atoms with Crippen LogP contribution in [0, 0.1) is 11.3 Å². The summed E-state index contributed by atoms with van der Waals surface area (Å²) >= 11 is 1.92. The molecule has 2 aliphatic rings. The number of rotatable bonds is 5. The Balaban J connectivity index is 1.52. The topological polar surface area (TPSA) is 49.0 Å². The molecule has 0 bridgehead atoms. The van der Waals surface area contributed by atoms with Gasteiger partial charge in [0.25, 0.3) is 0 Å². The SMILES string of the molecule is N#CC1(NC2CC2)CCC(SCc2ccco2)C1. The number of thioether (sulfide) groups is 1. The predicted molar refractivity (Wildman–Crippen MR) is 72.1 cm³/mol. The third-order valence-electron chi connectivity index (χ3n) is 3.78. The predicted octanol–water partition coefficient (Wildman–Crippen LogP) is 3.08. The Morgan fingerprint density at radius 2 is 2.39 bits per heavy atom. The molecule has 2 saturated carbocycles. The van der Waals surface area contributed by atoms with Crippen molar-refractivity contribution in [2.75, 3.05) is 0 Å². The van der Waals surface area contributed by atoms with Crippen LogP contribution in [0.1, 0.15) is 37.9 Å². The van der Waals surface area contributed by atoms with Crippen LogP contribution in [0.4, 0.5) is 0 Å². The summed E-state index contributed by atoms with van der Waals surface area (Å²) in [5, 5.41) is 13.5. The molecular formula is C14H18N2OS. The van der Waals surface area contributed by atoms with Crippen molar-refractivity contribution in [3.8, 4) is 6.07 Å². The number of furan rings is 1. The summed E-state index contributed by atoms with van der Waals surface area (Å²) in [6, 6.07) is 7.08. The molecule has 4 heteroatoms. The van der Waals surface area contributed by atoms with E-state index in [1.165, 1.54) is 12.8 Å². The van der Waals surface area contributed by atoms with Crippen LogP contribution in [0.3, 0.4) is 0 Å². The van der Waals surface area contributed by atoms with Gasteiger partial charge in [0.2, 0.25) is 0 Å². The summed E-state index contributed by atoms with van der Waals surface area (Å²) in [5.74, 6) is 1.95. The second-order valence-electron chi connectivity index (χ2n) is 5.37. The van der Waals surface area contributed by atoms with E-state index in [4.69, 9.17) is 4.42 Å². The smallest absolute Gasteiger partial charge is 0.113 e. The summed E-state index contributed by atoms with van der Waals surface area (Å²) in [7, 11) is 0. The van der Waals surface area contributed by atoms with Crippen molar-refractivity contribution < 1.29 is 4.42 Å². The molecule has 96 valence electrons. The van der Waals surface area contributed by atoms with Crippen LogP contribution in [-0.2, 0) is 5.75 Å². The Bertz CT molecular complexity index is 435. The monoisotopic (exact) mass is 262 g/mol. The van der Waals surface area contributed by atoms with Crippen molar-refractivity contribution in [3.63, 3.8) is 0 Å². The highest BCUT2D eigenvalue weighted by molar-refractivity contribution is 7.99. The van der Waals surface area contributed by atoms with Crippen molar-refractivity contribution in [2.24, 2.45) is 0 Å². The van der Waals surface area contributed by atoms with E-state index in [1.54, 1.807) is 6.26 Å². The molecule has 0 spiro atoms.